The fraction of sp³-hybridized carbons (Fsp3) is 0.556. The van der Waals surface area contributed by atoms with Gasteiger partial charge in [-0.3, -0.25) is 9.59 Å². The molecular weight excluding hydrogens is 290 g/mol. The lowest BCUT2D eigenvalue weighted by Crippen LogP contribution is -2.49. The molecule has 1 fully saturated rings. The highest BCUT2D eigenvalue weighted by Gasteiger charge is 2.21. The van der Waals surface area contributed by atoms with Crippen LogP contribution in [0.4, 0.5) is 5.69 Å². The van der Waals surface area contributed by atoms with Crippen LogP contribution in [-0.2, 0) is 9.59 Å². The van der Waals surface area contributed by atoms with E-state index >= 15 is 0 Å². The zero-order chi connectivity index (χ0) is 16.7. The van der Waals surface area contributed by atoms with Crippen LogP contribution in [0.25, 0.3) is 0 Å². The zero-order valence-electron chi connectivity index (χ0n) is 14.1. The average Bonchev–Trinajstić information content (AvgIpc) is 2.61. The van der Waals surface area contributed by atoms with Gasteiger partial charge >= 0.3 is 0 Å². The van der Waals surface area contributed by atoms with E-state index in [9.17, 15) is 9.59 Å². The number of carbonyl (C=O) groups excluding carboxylic acids is 2. The molecule has 1 unspecified atom stereocenters. The number of carbonyl (C=O) groups is 2. The first-order chi connectivity index (χ1) is 11.1. The van der Waals surface area contributed by atoms with Crippen molar-refractivity contribution < 1.29 is 9.59 Å². The second kappa shape index (κ2) is 8.56. The summed E-state index contributed by atoms with van der Waals surface area (Å²) in [6.07, 6.45) is 1.20. The van der Waals surface area contributed by atoms with Gasteiger partial charge in [0.05, 0.1) is 0 Å². The van der Waals surface area contributed by atoms with Crippen LogP contribution in [0.5, 0.6) is 0 Å². The number of rotatable bonds is 6. The van der Waals surface area contributed by atoms with Gasteiger partial charge in [0, 0.05) is 50.7 Å². The molecule has 1 saturated heterocycles. The van der Waals surface area contributed by atoms with Crippen LogP contribution in [0, 0.1) is 5.92 Å². The second-order valence-corrected chi connectivity index (χ2v) is 6.05. The molecule has 126 valence electrons. The van der Waals surface area contributed by atoms with Crippen LogP contribution >= 0.6 is 0 Å². The molecule has 2 amide bonds. The Bertz CT molecular complexity index is 510. The number of piperazine rings is 1. The van der Waals surface area contributed by atoms with Gasteiger partial charge in [-0.1, -0.05) is 32.0 Å². The van der Waals surface area contributed by atoms with E-state index in [1.165, 1.54) is 5.69 Å². The normalized spacial score (nSPS) is 16.1. The maximum atomic E-state index is 12.2. The van der Waals surface area contributed by atoms with E-state index in [-0.39, 0.29) is 17.7 Å². The summed E-state index contributed by atoms with van der Waals surface area (Å²) in [6.45, 7) is 7.52. The Labute approximate surface area is 138 Å². The molecule has 1 N–H and O–H groups in total. The number of nitrogens with zero attached hydrogens (tertiary/aromatic N) is 2. The van der Waals surface area contributed by atoms with E-state index in [1.807, 2.05) is 36.9 Å². The lowest BCUT2D eigenvalue weighted by molar-refractivity contribution is -0.131. The minimum Gasteiger partial charge on any atom is -0.368 e. The molecule has 23 heavy (non-hydrogen) atoms. The highest BCUT2D eigenvalue weighted by atomic mass is 16.2. The van der Waals surface area contributed by atoms with Crippen LogP contribution in [0.1, 0.15) is 26.7 Å². The number of anilines is 1. The fourth-order valence-electron chi connectivity index (χ4n) is 2.66. The smallest absolute Gasteiger partial charge is 0.224 e. The van der Waals surface area contributed by atoms with Gasteiger partial charge < -0.3 is 15.1 Å². The monoisotopic (exact) mass is 317 g/mol. The summed E-state index contributed by atoms with van der Waals surface area (Å²) in [5.74, 6) is 0.177. The lowest BCUT2D eigenvalue weighted by Gasteiger charge is -2.36. The van der Waals surface area contributed by atoms with E-state index in [2.05, 4.69) is 22.3 Å². The third kappa shape index (κ3) is 4.98. The summed E-state index contributed by atoms with van der Waals surface area (Å²) in [6, 6.07) is 10.3. The van der Waals surface area contributed by atoms with E-state index in [0.717, 1.165) is 32.6 Å². The van der Waals surface area contributed by atoms with Crippen molar-refractivity contribution in [2.45, 2.75) is 26.7 Å². The Balaban J connectivity index is 1.70. The molecule has 0 bridgehead atoms. The number of hydrogen-bond donors (Lipinski definition) is 1. The number of benzene rings is 1. The second-order valence-electron chi connectivity index (χ2n) is 6.05. The van der Waals surface area contributed by atoms with Crippen molar-refractivity contribution in [2.75, 3.05) is 37.6 Å². The molecule has 0 saturated carbocycles. The first-order valence-corrected chi connectivity index (χ1v) is 8.47. The summed E-state index contributed by atoms with van der Waals surface area (Å²) < 4.78 is 0. The Morgan fingerprint density at radius 2 is 1.78 bits per heavy atom. The molecule has 2 rings (SSSR count). The Morgan fingerprint density at radius 1 is 1.13 bits per heavy atom. The molecule has 0 aliphatic carbocycles. The minimum absolute atomic E-state index is 0.0134. The Morgan fingerprint density at radius 3 is 2.39 bits per heavy atom. The van der Waals surface area contributed by atoms with Gasteiger partial charge in [0.25, 0.3) is 0 Å². The lowest BCUT2D eigenvalue weighted by atomic mass is 10.1. The van der Waals surface area contributed by atoms with E-state index in [4.69, 9.17) is 0 Å². The first-order valence-electron chi connectivity index (χ1n) is 8.47. The van der Waals surface area contributed by atoms with Crippen molar-refractivity contribution in [1.82, 2.24) is 10.2 Å². The van der Waals surface area contributed by atoms with Gasteiger partial charge in [-0.2, -0.15) is 0 Å². The van der Waals surface area contributed by atoms with Crippen molar-refractivity contribution in [3.8, 4) is 0 Å². The highest BCUT2D eigenvalue weighted by Crippen LogP contribution is 2.15. The number of nitrogens with one attached hydrogen (secondary N) is 1. The molecule has 5 heteroatoms. The third-order valence-electron chi connectivity index (χ3n) is 4.45. The topological polar surface area (TPSA) is 52.7 Å². The molecule has 1 heterocycles. The average molecular weight is 317 g/mol. The summed E-state index contributed by atoms with van der Waals surface area (Å²) >= 11 is 0. The summed E-state index contributed by atoms with van der Waals surface area (Å²) in [4.78, 5) is 28.1. The standard InChI is InChI=1S/C18H27N3O2/c1-3-15(2)18(23)19-10-9-17(22)21-13-11-20(12-14-21)16-7-5-4-6-8-16/h4-8,15H,3,9-14H2,1-2H3,(H,19,23). The van der Waals surface area contributed by atoms with Gasteiger partial charge in [-0.25, -0.2) is 0 Å². The van der Waals surface area contributed by atoms with E-state index < -0.39 is 0 Å². The van der Waals surface area contributed by atoms with Crippen molar-refractivity contribution >= 4 is 17.5 Å². The summed E-state index contributed by atoms with van der Waals surface area (Å²) in [5.41, 5.74) is 1.21. The van der Waals surface area contributed by atoms with E-state index in [1.54, 1.807) is 0 Å². The summed E-state index contributed by atoms with van der Waals surface area (Å²) in [7, 11) is 0. The van der Waals surface area contributed by atoms with Crippen LogP contribution in [0.2, 0.25) is 0 Å². The predicted molar refractivity (Wildman–Crippen MR) is 92.3 cm³/mol. The number of para-hydroxylation sites is 1. The zero-order valence-corrected chi connectivity index (χ0v) is 14.1. The molecule has 1 aromatic carbocycles. The first kappa shape index (κ1) is 17.3. The molecule has 5 nitrogen and oxygen atoms in total. The van der Waals surface area contributed by atoms with E-state index in [0.29, 0.717) is 13.0 Å². The van der Waals surface area contributed by atoms with Gasteiger partial charge in [0.2, 0.25) is 11.8 Å². The maximum absolute atomic E-state index is 12.2. The molecule has 0 spiro atoms. The van der Waals surface area contributed by atoms with Crippen LogP contribution < -0.4 is 10.2 Å². The van der Waals surface area contributed by atoms with Crippen molar-refractivity contribution in [2.24, 2.45) is 5.92 Å². The SMILES string of the molecule is CCC(C)C(=O)NCCC(=O)N1CCN(c2ccccc2)CC1. The van der Waals surface area contributed by atoms with Crippen molar-refractivity contribution in [3.05, 3.63) is 30.3 Å². The Hall–Kier alpha value is -2.04. The largest absolute Gasteiger partial charge is 0.368 e. The molecule has 1 aliphatic rings. The van der Waals surface area contributed by atoms with Crippen LogP contribution in [-0.4, -0.2) is 49.4 Å². The fourth-order valence-corrected chi connectivity index (χ4v) is 2.66. The van der Waals surface area contributed by atoms with Gasteiger partial charge in [0.15, 0.2) is 0 Å². The van der Waals surface area contributed by atoms with Crippen molar-refractivity contribution in [1.29, 1.82) is 0 Å². The minimum atomic E-state index is 0.0134. The van der Waals surface area contributed by atoms with Crippen molar-refractivity contribution in [3.63, 3.8) is 0 Å². The predicted octanol–water partition coefficient (Wildman–Crippen LogP) is 1.89. The third-order valence-corrected chi connectivity index (χ3v) is 4.45. The highest BCUT2D eigenvalue weighted by molar-refractivity contribution is 5.80. The number of amides is 2. The summed E-state index contributed by atoms with van der Waals surface area (Å²) in [5, 5.41) is 2.84. The molecule has 1 aliphatic heterocycles. The Kier molecular flexibility index (Phi) is 6.44. The van der Waals surface area contributed by atoms with Crippen LogP contribution in [0.3, 0.4) is 0 Å². The van der Waals surface area contributed by atoms with Gasteiger partial charge in [0.1, 0.15) is 0 Å². The molecule has 0 aromatic heterocycles. The molecular formula is C18H27N3O2. The van der Waals surface area contributed by atoms with Crippen LogP contribution in [0.15, 0.2) is 30.3 Å². The molecule has 0 radical (unpaired) electrons. The molecule has 1 atom stereocenters. The number of hydrogen-bond acceptors (Lipinski definition) is 3. The maximum Gasteiger partial charge on any atom is 0.224 e. The molecule has 1 aromatic rings. The van der Waals surface area contributed by atoms with Gasteiger partial charge in [-0.15, -0.1) is 0 Å². The quantitative estimate of drug-likeness (QED) is 0.872. The van der Waals surface area contributed by atoms with Gasteiger partial charge in [-0.05, 0) is 18.6 Å².